The van der Waals surface area contributed by atoms with Crippen LogP contribution in [0.3, 0.4) is 0 Å². The summed E-state index contributed by atoms with van der Waals surface area (Å²) in [7, 11) is 0. The lowest BCUT2D eigenvalue weighted by atomic mass is 10.0. The topological polar surface area (TPSA) is 79.0 Å². The fourth-order valence-corrected chi connectivity index (χ4v) is 2.40. The Morgan fingerprint density at radius 3 is 2.64 bits per heavy atom. The van der Waals surface area contributed by atoms with Crippen LogP contribution in [0, 0.1) is 6.92 Å². The Morgan fingerprint density at radius 1 is 1.29 bits per heavy atom. The van der Waals surface area contributed by atoms with Crippen LogP contribution in [-0.2, 0) is 12.1 Å². The average molecular weight is 509 g/mol. The summed E-state index contributed by atoms with van der Waals surface area (Å²) in [4.78, 5) is 4.42. The number of aliphatic imine (C=N–C) groups is 1. The van der Waals surface area contributed by atoms with Crippen LogP contribution in [0.2, 0.25) is 0 Å². The first-order valence-corrected chi connectivity index (χ1v) is 8.65. The minimum atomic E-state index is -2.87. The predicted molar refractivity (Wildman–Crippen MR) is 114 cm³/mol. The lowest BCUT2D eigenvalue weighted by Gasteiger charge is -2.22. The minimum absolute atomic E-state index is 0. The van der Waals surface area contributed by atoms with E-state index in [0.29, 0.717) is 18.3 Å². The van der Waals surface area contributed by atoms with Crippen molar-refractivity contribution >= 4 is 29.9 Å². The van der Waals surface area contributed by atoms with Crippen LogP contribution in [0.1, 0.15) is 30.9 Å². The van der Waals surface area contributed by atoms with Crippen molar-refractivity contribution in [1.82, 2.24) is 10.6 Å². The summed E-state index contributed by atoms with van der Waals surface area (Å²) in [6, 6.07) is 9.90. The Kier molecular flexibility index (Phi) is 9.66. The Morgan fingerprint density at radius 2 is 2.04 bits per heavy atom. The largest absolute Gasteiger partial charge is 0.463 e. The van der Waals surface area contributed by atoms with Gasteiger partial charge in [-0.2, -0.15) is 8.78 Å². The monoisotopic (exact) mass is 509 g/mol. The molecule has 6 nitrogen and oxygen atoms in total. The number of rotatable bonds is 8. The molecule has 0 saturated heterocycles. The molecule has 0 aliphatic carbocycles. The van der Waals surface area contributed by atoms with Crippen LogP contribution < -0.4 is 15.4 Å². The van der Waals surface area contributed by atoms with Gasteiger partial charge in [0, 0.05) is 6.54 Å². The molecule has 1 atom stereocenters. The third-order valence-electron chi connectivity index (χ3n) is 3.76. The quantitative estimate of drug-likeness (QED) is 0.287. The van der Waals surface area contributed by atoms with Crippen LogP contribution in [0.25, 0.3) is 0 Å². The van der Waals surface area contributed by atoms with E-state index < -0.39 is 12.2 Å². The zero-order valence-corrected chi connectivity index (χ0v) is 18.4. The predicted octanol–water partition coefficient (Wildman–Crippen LogP) is 3.77. The normalized spacial score (nSPS) is 13.6. The molecule has 3 N–H and O–H groups in total. The van der Waals surface area contributed by atoms with Gasteiger partial charge in [0.15, 0.2) is 5.96 Å². The smallest absolute Gasteiger partial charge is 0.387 e. The molecule has 0 bridgehead atoms. The molecule has 1 heterocycles. The van der Waals surface area contributed by atoms with E-state index in [1.54, 1.807) is 31.2 Å². The van der Waals surface area contributed by atoms with E-state index in [-0.39, 0.29) is 42.8 Å². The zero-order valence-electron chi connectivity index (χ0n) is 16.0. The van der Waals surface area contributed by atoms with Gasteiger partial charge in [-0.25, -0.2) is 4.99 Å². The molecule has 28 heavy (non-hydrogen) atoms. The number of alkyl halides is 2. The van der Waals surface area contributed by atoms with Crippen molar-refractivity contribution in [2.75, 3.05) is 13.1 Å². The third-order valence-corrected chi connectivity index (χ3v) is 3.76. The van der Waals surface area contributed by atoms with Crippen LogP contribution in [0.4, 0.5) is 8.78 Å². The maximum absolute atomic E-state index is 12.3. The standard InChI is InChI=1S/C19H25F2N3O3.HI/c1-4-22-18(24-12-19(3,25)16-9-8-13(2)26-16)23-11-14-6-5-7-15(10-14)27-17(20)21;/h5-10,17,25H,4,11-12H2,1-3H3,(H2,22,23,24);1H. The lowest BCUT2D eigenvalue weighted by Crippen LogP contribution is -2.44. The van der Waals surface area contributed by atoms with Crippen molar-refractivity contribution in [2.24, 2.45) is 4.99 Å². The molecule has 0 fully saturated rings. The van der Waals surface area contributed by atoms with Gasteiger partial charge in [0.2, 0.25) is 0 Å². The van der Waals surface area contributed by atoms with Gasteiger partial charge in [-0.3, -0.25) is 0 Å². The zero-order chi connectivity index (χ0) is 19.9. The highest BCUT2D eigenvalue weighted by Gasteiger charge is 2.27. The molecule has 0 saturated carbocycles. The average Bonchev–Trinajstić information content (AvgIpc) is 3.04. The maximum Gasteiger partial charge on any atom is 0.387 e. The number of nitrogens with one attached hydrogen (secondary N) is 2. The van der Waals surface area contributed by atoms with E-state index in [1.165, 1.54) is 12.1 Å². The molecular formula is C19H26F2IN3O3. The van der Waals surface area contributed by atoms with Gasteiger partial charge in [-0.1, -0.05) is 12.1 Å². The molecule has 9 heteroatoms. The summed E-state index contributed by atoms with van der Waals surface area (Å²) in [6.07, 6.45) is 0. The number of benzene rings is 1. The van der Waals surface area contributed by atoms with Crippen LogP contribution in [0.5, 0.6) is 5.75 Å². The number of nitrogens with zero attached hydrogens (tertiary/aromatic N) is 1. The summed E-state index contributed by atoms with van der Waals surface area (Å²) < 4.78 is 34.5. The van der Waals surface area contributed by atoms with Crippen molar-refractivity contribution < 1.29 is 23.0 Å². The van der Waals surface area contributed by atoms with Crippen LogP contribution >= 0.6 is 24.0 Å². The van der Waals surface area contributed by atoms with Gasteiger partial charge in [0.05, 0.1) is 13.1 Å². The first-order chi connectivity index (χ1) is 12.8. The van der Waals surface area contributed by atoms with Crippen molar-refractivity contribution in [2.45, 2.75) is 39.5 Å². The van der Waals surface area contributed by atoms with E-state index >= 15 is 0 Å². The molecular weight excluding hydrogens is 483 g/mol. The summed E-state index contributed by atoms with van der Waals surface area (Å²) in [5, 5.41) is 16.7. The fraction of sp³-hybridized carbons (Fsp3) is 0.421. The third kappa shape index (κ3) is 7.63. The molecule has 156 valence electrons. The molecule has 2 rings (SSSR count). The highest BCUT2D eigenvalue weighted by molar-refractivity contribution is 14.0. The molecule has 0 amide bonds. The van der Waals surface area contributed by atoms with Gasteiger partial charge in [0.25, 0.3) is 0 Å². The summed E-state index contributed by atoms with van der Waals surface area (Å²) in [5.74, 6) is 1.75. The summed E-state index contributed by atoms with van der Waals surface area (Å²) in [5.41, 5.74) is -0.492. The van der Waals surface area contributed by atoms with Gasteiger partial charge in [0.1, 0.15) is 22.9 Å². The second kappa shape index (κ2) is 11.2. The van der Waals surface area contributed by atoms with E-state index in [4.69, 9.17) is 4.42 Å². The molecule has 0 aliphatic rings. The molecule has 1 unspecified atom stereocenters. The lowest BCUT2D eigenvalue weighted by molar-refractivity contribution is -0.0498. The van der Waals surface area contributed by atoms with Crippen molar-refractivity contribution in [1.29, 1.82) is 0 Å². The summed E-state index contributed by atoms with van der Waals surface area (Å²) >= 11 is 0. The van der Waals surface area contributed by atoms with Gasteiger partial charge in [-0.05, 0) is 50.6 Å². The number of aryl methyl sites for hydroxylation is 1. The van der Waals surface area contributed by atoms with Crippen LogP contribution in [-0.4, -0.2) is 30.8 Å². The Hall–Kier alpha value is -1.88. The van der Waals surface area contributed by atoms with E-state index in [0.717, 1.165) is 11.3 Å². The van der Waals surface area contributed by atoms with Crippen molar-refractivity contribution in [3.63, 3.8) is 0 Å². The van der Waals surface area contributed by atoms with Gasteiger partial charge < -0.3 is 24.9 Å². The highest BCUT2D eigenvalue weighted by atomic mass is 127. The first-order valence-electron chi connectivity index (χ1n) is 8.65. The Balaban J connectivity index is 0.00000392. The van der Waals surface area contributed by atoms with Gasteiger partial charge >= 0.3 is 6.61 Å². The molecule has 2 aromatic rings. The number of hydrogen-bond acceptors (Lipinski definition) is 4. The Labute approximate surface area is 180 Å². The molecule has 0 aliphatic heterocycles. The maximum atomic E-state index is 12.3. The van der Waals surface area contributed by atoms with Crippen molar-refractivity contribution in [3.05, 3.63) is 53.5 Å². The number of guanidine groups is 1. The molecule has 1 aromatic heterocycles. The molecule has 0 radical (unpaired) electrons. The van der Waals surface area contributed by atoms with E-state index in [1.807, 2.05) is 13.8 Å². The van der Waals surface area contributed by atoms with E-state index in [9.17, 15) is 13.9 Å². The minimum Gasteiger partial charge on any atom is -0.463 e. The number of hydrogen-bond donors (Lipinski definition) is 3. The van der Waals surface area contributed by atoms with E-state index in [2.05, 4.69) is 20.4 Å². The van der Waals surface area contributed by atoms with Crippen molar-refractivity contribution in [3.8, 4) is 5.75 Å². The second-order valence-corrected chi connectivity index (χ2v) is 6.26. The second-order valence-electron chi connectivity index (χ2n) is 6.26. The first kappa shape index (κ1) is 24.2. The SMILES string of the molecule is CCNC(=NCc1cccc(OC(F)F)c1)NCC(C)(O)c1ccc(C)o1.I. The fourth-order valence-electron chi connectivity index (χ4n) is 2.40. The molecule has 0 spiro atoms. The number of ether oxygens (including phenoxy) is 1. The number of furan rings is 1. The highest BCUT2D eigenvalue weighted by Crippen LogP contribution is 2.22. The number of aliphatic hydroxyl groups is 1. The van der Waals surface area contributed by atoms with Crippen LogP contribution in [0.15, 0.2) is 45.8 Å². The summed E-state index contributed by atoms with van der Waals surface area (Å²) in [6.45, 7) is 3.58. The number of halogens is 3. The Bertz CT molecular complexity index is 766. The molecule has 1 aromatic carbocycles. The van der Waals surface area contributed by atoms with Gasteiger partial charge in [-0.15, -0.1) is 24.0 Å².